The second-order valence-electron chi connectivity index (χ2n) is 6.82. The van der Waals surface area contributed by atoms with Crippen LogP contribution in [-0.4, -0.2) is 27.9 Å². The molecule has 0 aromatic carbocycles. The minimum Gasteiger partial charge on any atom is -0.373 e. The third kappa shape index (κ3) is 4.03. The van der Waals surface area contributed by atoms with Crippen molar-refractivity contribution < 1.29 is 18.0 Å². The number of anilines is 2. The van der Waals surface area contributed by atoms with Crippen LogP contribution >= 0.6 is 0 Å². The van der Waals surface area contributed by atoms with E-state index in [1.807, 2.05) is 0 Å². The number of rotatable bonds is 3. The Hall–Kier alpha value is -3.67. The number of fused-ring (bicyclic) bond motifs is 1. The third-order valence-electron chi connectivity index (χ3n) is 4.67. The van der Waals surface area contributed by atoms with Crippen molar-refractivity contribution in [1.29, 1.82) is 0 Å². The van der Waals surface area contributed by atoms with Gasteiger partial charge in [0.1, 0.15) is 11.6 Å². The van der Waals surface area contributed by atoms with E-state index in [4.69, 9.17) is 0 Å². The fraction of sp³-hybridized carbons (Fsp3) is 0.238. The van der Waals surface area contributed by atoms with Gasteiger partial charge in [-0.15, -0.1) is 0 Å². The molecule has 0 aliphatic heterocycles. The highest BCUT2D eigenvalue weighted by Crippen LogP contribution is 2.32. The zero-order valence-electron chi connectivity index (χ0n) is 15.8. The van der Waals surface area contributed by atoms with E-state index in [0.29, 0.717) is 28.0 Å². The van der Waals surface area contributed by atoms with Crippen LogP contribution in [0.4, 0.5) is 24.8 Å². The van der Waals surface area contributed by atoms with E-state index < -0.39 is 11.7 Å². The highest BCUT2D eigenvalue weighted by atomic mass is 19.4. The Kier molecular flexibility index (Phi) is 4.99. The van der Waals surface area contributed by atoms with Gasteiger partial charge < -0.3 is 10.6 Å². The molecule has 0 atom stereocenters. The lowest BCUT2D eigenvalue weighted by molar-refractivity contribution is -0.138. The summed E-state index contributed by atoms with van der Waals surface area (Å²) in [6.07, 6.45) is 2.19. The maximum absolute atomic E-state index is 13.2. The van der Waals surface area contributed by atoms with Crippen LogP contribution in [0.5, 0.6) is 0 Å². The second kappa shape index (κ2) is 7.63. The van der Waals surface area contributed by atoms with Gasteiger partial charge in [0.25, 0.3) is 0 Å². The molecule has 0 saturated heterocycles. The molecule has 1 aliphatic rings. The molecule has 152 valence electrons. The molecule has 0 spiro atoms. The summed E-state index contributed by atoms with van der Waals surface area (Å²) < 4.78 is 39.6. The maximum Gasteiger partial charge on any atom is 0.419 e. The zero-order valence-corrected chi connectivity index (χ0v) is 15.8. The Morgan fingerprint density at radius 3 is 2.57 bits per heavy atom. The number of halogens is 3. The molecule has 3 aromatic heterocycles. The Morgan fingerprint density at radius 1 is 1.10 bits per heavy atom. The molecule has 0 unspecified atom stereocenters. The quantitative estimate of drug-likeness (QED) is 0.641. The van der Waals surface area contributed by atoms with E-state index in [1.54, 1.807) is 19.3 Å². The molecule has 0 radical (unpaired) electrons. The smallest absolute Gasteiger partial charge is 0.373 e. The number of carbonyl (C=O) groups is 1. The van der Waals surface area contributed by atoms with Crippen LogP contribution in [0.1, 0.15) is 29.5 Å². The average Bonchev–Trinajstić information content (AvgIpc) is 3.57. The summed E-state index contributed by atoms with van der Waals surface area (Å²) >= 11 is 0. The predicted octanol–water partition coefficient (Wildman–Crippen LogP) is 3.83. The lowest BCUT2D eigenvalue weighted by Gasteiger charge is -2.10. The summed E-state index contributed by atoms with van der Waals surface area (Å²) in [5, 5.41) is 6.97. The molecule has 30 heavy (non-hydrogen) atoms. The van der Waals surface area contributed by atoms with Gasteiger partial charge in [-0.25, -0.2) is 9.97 Å². The first-order valence-electron chi connectivity index (χ1n) is 9.17. The first kappa shape index (κ1) is 19.6. The van der Waals surface area contributed by atoms with E-state index in [2.05, 4.69) is 37.4 Å². The van der Waals surface area contributed by atoms with E-state index in [9.17, 15) is 18.0 Å². The van der Waals surface area contributed by atoms with E-state index in [-0.39, 0.29) is 17.4 Å². The molecule has 0 bridgehead atoms. The summed E-state index contributed by atoms with van der Waals surface area (Å²) in [5.74, 6) is 6.17. The molecule has 3 heterocycles. The molecule has 1 aliphatic carbocycles. The van der Waals surface area contributed by atoms with E-state index in [0.717, 1.165) is 19.0 Å². The van der Waals surface area contributed by atoms with Crippen molar-refractivity contribution in [3.05, 3.63) is 53.6 Å². The number of nitrogens with zero attached hydrogens (tertiary/aromatic N) is 3. The number of alkyl halides is 3. The van der Waals surface area contributed by atoms with E-state index >= 15 is 0 Å². The SMILES string of the molecule is CNc1ncc(C#Cc2ccncc2C(F)(F)F)c2cc(NC(=O)C3CC3)ncc12. The van der Waals surface area contributed by atoms with Gasteiger partial charge in [0, 0.05) is 54.1 Å². The Labute approximate surface area is 169 Å². The molecule has 3 aromatic rings. The van der Waals surface area contributed by atoms with Crippen molar-refractivity contribution >= 4 is 28.3 Å². The Bertz CT molecular complexity index is 1190. The van der Waals surface area contributed by atoms with Crippen molar-refractivity contribution in [1.82, 2.24) is 15.0 Å². The summed E-state index contributed by atoms with van der Waals surface area (Å²) in [5.41, 5.74) is -0.668. The monoisotopic (exact) mass is 411 g/mol. The number of pyridine rings is 3. The number of hydrogen-bond donors (Lipinski definition) is 2. The van der Waals surface area contributed by atoms with Crippen LogP contribution in [-0.2, 0) is 11.0 Å². The number of nitrogens with one attached hydrogen (secondary N) is 2. The summed E-state index contributed by atoms with van der Waals surface area (Å²) in [4.78, 5) is 24.1. The van der Waals surface area contributed by atoms with Gasteiger partial charge in [-0.3, -0.25) is 9.78 Å². The zero-order chi connectivity index (χ0) is 21.3. The van der Waals surface area contributed by atoms with Crippen molar-refractivity contribution in [2.24, 2.45) is 5.92 Å². The van der Waals surface area contributed by atoms with Gasteiger partial charge in [0.2, 0.25) is 5.91 Å². The van der Waals surface area contributed by atoms with Crippen molar-refractivity contribution in [3.63, 3.8) is 0 Å². The summed E-state index contributed by atoms with van der Waals surface area (Å²) in [6.45, 7) is 0. The van der Waals surface area contributed by atoms with Crippen LogP contribution in [0.25, 0.3) is 10.8 Å². The fourth-order valence-electron chi connectivity index (χ4n) is 2.94. The molecule has 2 N–H and O–H groups in total. The molecular weight excluding hydrogens is 395 g/mol. The fourth-order valence-corrected chi connectivity index (χ4v) is 2.94. The van der Waals surface area contributed by atoms with Crippen molar-refractivity contribution in [2.75, 3.05) is 17.7 Å². The molecule has 1 saturated carbocycles. The van der Waals surface area contributed by atoms with E-state index in [1.165, 1.54) is 18.5 Å². The van der Waals surface area contributed by atoms with Crippen LogP contribution < -0.4 is 10.6 Å². The normalized spacial score (nSPS) is 13.5. The molecule has 6 nitrogen and oxygen atoms in total. The Balaban J connectivity index is 1.78. The molecule has 1 fully saturated rings. The van der Waals surface area contributed by atoms with Gasteiger partial charge >= 0.3 is 6.18 Å². The highest BCUT2D eigenvalue weighted by Gasteiger charge is 2.33. The minimum atomic E-state index is -4.56. The summed E-state index contributed by atoms with van der Waals surface area (Å²) in [6, 6.07) is 2.87. The molecule has 9 heteroatoms. The van der Waals surface area contributed by atoms with Crippen molar-refractivity contribution in [3.8, 4) is 11.8 Å². The van der Waals surface area contributed by atoms with Gasteiger partial charge in [0.05, 0.1) is 11.1 Å². The minimum absolute atomic E-state index is 0.0135. The highest BCUT2D eigenvalue weighted by molar-refractivity contribution is 5.99. The predicted molar refractivity (Wildman–Crippen MR) is 106 cm³/mol. The van der Waals surface area contributed by atoms with Crippen molar-refractivity contribution in [2.45, 2.75) is 19.0 Å². The largest absolute Gasteiger partial charge is 0.419 e. The van der Waals surface area contributed by atoms with Crippen LogP contribution in [0.15, 0.2) is 36.9 Å². The van der Waals surface area contributed by atoms with Gasteiger partial charge in [-0.05, 0) is 25.0 Å². The van der Waals surface area contributed by atoms with Gasteiger partial charge in [-0.1, -0.05) is 11.8 Å². The first-order chi connectivity index (χ1) is 14.4. The van der Waals surface area contributed by atoms with Crippen LogP contribution in [0, 0.1) is 17.8 Å². The lowest BCUT2D eigenvalue weighted by Crippen LogP contribution is -2.14. The number of amides is 1. The van der Waals surface area contributed by atoms with Gasteiger partial charge in [0.15, 0.2) is 0 Å². The molecule has 4 rings (SSSR count). The molecule has 1 amide bonds. The van der Waals surface area contributed by atoms with Gasteiger partial charge in [-0.2, -0.15) is 13.2 Å². The standard InChI is InChI=1S/C21H16F3N5O/c1-25-19-16-10-27-18(29-20(30)13-3-4-13)8-15(16)14(9-28-19)5-2-12-6-7-26-11-17(12)21(22,23)24/h6-11,13H,3-4H2,1H3,(H,25,28)(H,27,29,30). The third-order valence-corrected chi connectivity index (χ3v) is 4.67. The number of aromatic nitrogens is 3. The number of hydrogen-bond acceptors (Lipinski definition) is 5. The maximum atomic E-state index is 13.2. The Morgan fingerprint density at radius 2 is 1.87 bits per heavy atom. The summed E-state index contributed by atoms with van der Waals surface area (Å²) in [7, 11) is 1.70. The first-order valence-corrected chi connectivity index (χ1v) is 9.17. The lowest BCUT2D eigenvalue weighted by atomic mass is 10.1. The average molecular weight is 411 g/mol. The molecular formula is C21H16F3N5O. The van der Waals surface area contributed by atoms with Crippen LogP contribution in [0.2, 0.25) is 0 Å². The second-order valence-corrected chi connectivity index (χ2v) is 6.82. The number of carbonyl (C=O) groups excluding carboxylic acids is 1. The van der Waals surface area contributed by atoms with Crippen LogP contribution in [0.3, 0.4) is 0 Å². The topological polar surface area (TPSA) is 79.8 Å².